The molecule has 2 aliphatic rings. The molecule has 1 atom stereocenters. The van der Waals surface area contributed by atoms with E-state index in [4.69, 9.17) is 4.74 Å². The fourth-order valence-corrected chi connectivity index (χ4v) is 3.16. The van der Waals surface area contributed by atoms with Crippen molar-refractivity contribution in [3.63, 3.8) is 0 Å². The Morgan fingerprint density at radius 2 is 2.27 bits per heavy atom. The number of rotatable bonds is 1. The topological polar surface area (TPSA) is 80.0 Å². The molecule has 1 spiro atoms. The van der Waals surface area contributed by atoms with Crippen molar-refractivity contribution in [2.45, 2.75) is 12.0 Å². The second-order valence-corrected chi connectivity index (χ2v) is 5.82. The number of amides is 2. The summed E-state index contributed by atoms with van der Waals surface area (Å²) < 4.78 is 6.99. The molecule has 0 N–H and O–H groups in total. The highest BCUT2D eigenvalue weighted by molar-refractivity contribution is 5.93. The Bertz CT molecular complexity index is 773. The number of nitrogens with zero attached hydrogens (tertiary/aromatic N) is 5. The summed E-state index contributed by atoms with van der Waals surface area (Å²) in [6.45, 7) is 1.48. The van der Waals surface area contributed by atoms with Crippen LogP contribution >= 0.6 is 0 Å². The van der Waals surface area contributed by atoms with Crippen LogP contribution in [0.15, 0.2) is 24.5 Å². The van der Waals surface area contributed by atoms with Crippen molar-refractivity contribution in [2.75, 3.05) is 26.7 Å². The van der Waals surface area contributed by atoms with E-state index in [1.54, 1.807) is 35.2 Å². The van der Waals surface area contributed by atoms with Gasteiger partial charge < -0.3 is 14.5 Å². The van der Waals surface area contributed by atoms with Crippen LogP contribution in [0, 0.1) is 0 Å². The molecule has 0 saturated carbocycles. The quantitative estimate of drug-likeness (QED) is 0.761. The van der Waals surface area contributed by atoms with E-state index >= 15 is 0 Å². The van der Waals surface area contributed by atoms with E-state index in [1.165, 1.54) is 10.7 Å². The Kier molecular flexibility index (Phi) is 2.63. The summed E-state index contributed by atoms with van der Waals surface area (Å²) in [7, 11) is 1.70. The van der Waals surface area contributed by atoms with Crippen molar-refractivity contribution < 1.29 is 14.3 Å². The highest BCUT2D eigenvalue weighted by atomic mass is 16.6. The van der Waals surface area contributed by atoms with Crippen LogP contribution in [0.5, 0.6) is 0 Å². The monoisotopic (exact) mass is 301 g/mol. The van der Waals surface area contributed by atoms with Gasteiger partial charge in [-0.2, -0.15) is 5.10 Å². The van der Waals surface area contributed by atoms with Crippen LogP contribution in [-0.2, 0) is 4.74 Å². The zero-order chi connectivity index (χ0) is 15.3. The second kappa shape index (κ2) is 4.43. The first-order valence-electron chi connectivity index (χ1n) is 7.10. The molecule has 2 aromatic heterocycles. The van der Waals surface area contributed by atoms with Gasteiger partial charge in [-0.05, 0) is 12.1 Å². The molecule has 22 heavy (non-hydrogen) atoms. The molecule has 2 saturated heterocycles. The standard InChI is InChI=1S/C14H15N5O3/c1-17-8-14(22-13(17)21)4-6-18(9-14)12(20)10-7-15-11-3-2-5-16-19(10)11/h2-3,5,7H,4,6,8-9H2,1H3. The SMILES string of the molecule is CN1CC2(CCN(C(=O)c3cnc4cccnn34)C2)OC1=O. The molecule has 0 aliphatic carbocycles. The van der Waals surface area contributed by atoms with E-state index in [2.05, 4.69) is 10.1 Å². The van der Waals surface area contributed by atoms with Gasteiger partial charge in [0.05, 0.1) is 19.3 Å². The maximum absolute atomic E-state index is 12.7. The van der Waals surface area contributed by atoms with Gasteiger partial charge >= 0.3 is 6.09 Å². The number of hydrogen-bond acceptors (Lipinski definition) is 5. The smallest absolute Gasteiger partial charge is 0.410 e. The maximum atomic E-state index is 12.7. The molecule has 8 heteroatoms. The molecular formula is C14H15N5O3. The van der Waals surface area contributed by atoms with Crippen LogP contribution in [0.4, 0.5) is 4.79 Å². The van der Waals surface area contributed by atoms with E-state index < -0.39 is 5.60 Å². The van der Waals surface area contributed by atoms with Crippen molar-refractivity contribution in [2.24, 2.45) is 0 Å². The van der Waals surface area contributed by atoms with Gasteiger partial charge in [0.2, 0.25) is 0 Å². The Morgan fingerprint density at radius 1 is 1.41 bits per heavy atom. The molecule has 2 fully saturated rings. The summed E-state index contributed by atoms with van der Waals surface area (Å²) in [4.78, 5) is 31.7. The van der Waals surface area contributed by atoms with Crippen molar-refractivity contribution in [3.8, 4) is 0 Å². The van der Waals surface area contributed by atoms with Crippen LogP contribution in [0.3, 0.4) is 0 Å². The average molecular weight is 301 g/mol. The number of carbonyl (C=O) groups excluding carboxylic acids is 2. The number of aromatic nitrogens is 3. The Morgan fingerprint density at radius 3 is 3.05 bits per heavy atom. The molecule has 0 aromatic carbocycles. The van der Waals surface area contributed by atoms with Gasteiger partial charge in [0.1, 0.15) is 0 Å². The maximum Gasteiger partial charge on any atom is 0.410 e. The zero-order valence-corrected chi connectivity index (χ0v) is 12.1. The minimum Gasteiger partial charge on any atom is -0.439 e. The molecule has 8 nitrogen and oxygen atoms in total. The summed E-state index contributed by atoms with van der Waals surface area (Å²) in [6.07, 6.45) is 3.47. The first-order chi connectivity index (χ1) is 10.6. The van der Waals surface area contributed by atoms with Gasteiger partial charge in [-0.25, -0.2) is 14.3 Å². The average Bonchev–Trinajstić information content (AvgIpc) is 3.17. The van der Waals surface area contributed by atoms with Crippen molar-refractivity contribution in [3.05, 3.63) is 30.2 Å². The normalized spacial score (nSPS) is 24.5. The third-order valence-electron chi connectivity index (χ3n) is 4.24. The van der Waals surface area contributed by atoms with Gasteiger partial charge in [0.25, 0.3) is 5.91 Å². The van der Waals surface area contributed by atoms with Crippen LogP contribution in [-0.4, -0.2) is 68.7 Å². The lowest BCUT2D eigenvalue weighted by atomic mass is 10.0. The molecule has 0 radical (unpaired) electrons. The third-order valence-corrected chi connectivity index (χ3v) is 4.24. The Labute approximate surface area is 126 Å². The van der Waals surface area contributed by atoms with Crippen LogP contribution < -0.4 is 0 Å². The van der Waals surface area contributed by atoms with Gasteiger partial charge in [0, 0.05) is 26.2 Å². The molecule has 2 aromatic rings. The fourth-order valence-electron chi connectivity index (χ4n) is 3.16. The van der Waals surface area contributed by atoms with E-state index in [-0.39, 0.29) is 12.0 Å². The van der Waals surface area contributed by atoms with Crippen LogP contribution in [0.1, 0.15) is 16.9 Å². The molecule has 4 rings (SSSR count). The number of carbonyl (C=O) groups is 2. The zero-order valence-electron chi connectivity index (χ0n) is 12.1. The molecule has 1 unspecified atom stereocenters. The molecular weight excluding hydrogens is 286 g/mol. The van der Waals surface area contributed by atoms with Gasteiger partial charge in [-0.3, -0.25) is 4.79 Å². The number of hydrogen-bond donors (Lipinski definition) is 0. The van der Waals surface area contributed by atoms with Gasteiger partial charge in [0.15, 0.2) is 16.9 Å². The van der Waals surface area contributed by atoms with Crippen molar-refractivity contribution >= 4 is 17.6 Å². The summed E-state index contributed by atoms with van der Waals surface area (Å²) in [6, 6.07) is 3.57. The highest BCUT2D eigenvalue weighted by Gasteiger charge is 2.49. The summed E-state index contributed by atoms with van der Waals surface area (Å²) in [5.41, 5.74) is 0.479. The molecule has 114 valence electrons. The van der Waals surface area contributed by atoms with Crippen molar-refractivity contribution in [1.29, 1.82) is 0 Å². The number of ether oxygens (including phenoxy) is 1. The number of likely N-dealkylation sites (N-methyl/N-ethyl adjacent to an activating group) is 1. The second-order valence-electron chi connectivity index (χ2n) is 5.82. The first kappa shape index (κ1) is 13.1. The Balaban J connectivity index is 1.59. The fraction of sp³-hybridized carbons (Fsp3) is 0.429. The highest BCUT2D eigenvalue weighted by Crippen LogP contribution is 2.32. The van der Waals surface area contributed by atoms with E-state index in [1.807, 2.05) is 0 Å². The number of likely N-dealkylation sites (tertiary alicyclic amines) is 1. The largest absolute Gasteiger partial charge is 0.439 e. The Hall–Kier alpha value is -2.64. The van der Waals surface area contributed by atoms with E-state index in [9.17, 15) is 9.59 Å². The van der Waals surface area contributed by atoms with Crippen molar-refractivity contribution in [1.82, 2.24) is 24.4 Å². The summed E-state index contributed by atoms with van der Waals surface area (Å²) in [5, 5.41) is 4.16. The number of fused-ring (bicyclic) bond motifs is 1. The molecule has 2 aliphatic heterocycles. The third kappa shape index (κ3) is 1.83. The predicted molar refractivity (Wildman–Crippen MR) is 75.3 cm³/mol. The predicted octanol–water partition coefficient (Wildman–Crippen LogP) is 0.396. The molecule has 2 amide bonds. The first-order valence-corrected chi connectivity index (χ1v) is 7.10. The van der Waals surface area contributed by atoms with E-state index in [0.717, 1.165) is 0 Å². The minimum absolute atomic E-state index is 0.145. The van der Waals surface area contributed by atoms with Gasteiger partial charge in [-0.15, -0.1) is 0 Å². The lowest BCUT2D eigenvalue weighted by Gasteiger charge is -2.21. The lowest BCUT2D eigenvalue weighted by Crippen LogP contribution is -2.39. The summed E-state index contributed by atoms with van der Waals surface area (Å²) >= 11 is 0. The summed E-state index contributed by atoms with van der Waals surface area (Å²) in [5.74, 6) is -0.145. The van der Waals surface area contributed by atoms with Gasteiger partial charge in [-0.1, -0.05) is 0 Å². The van der Waals surface area contributed by atoms with Crippen LogP contribution in [0.2, 0.25) is 0 Å². The van der Waals surface area contributed by atoms with Crippen LogP contribution in [0.25, 0.3) is 5.65 Å². The minimum atomic E-state index is -0.574. The molecule has 0 bridgehead atoms. The van der Waals surface area contributed by atoms with E-state index in [0.29, 0.717) is 37.4 Å². The lowest BCUT2D eigenvalue weighted by molar-refractivity contribution is 0.0549. The molecule has 4 heterocycles. The number of imidazole rings is 1.